The van der Waals surface area contributed by atoms with E-state index in [1.165, 1.54) is 10.5 Å². The van der Waals surface area contributed by atoms with E-state index in [2.05, 4.69) is 12.1 Å². The number of pyridine rings is 1. The molecule has 0 aliphatic carbocycles. The first-order chi connectivity index (χ1) is 13.6. The van der Waals surface area contributed by atoms with Crippen LogP contribution < -0.4 is 20.1 Å². The van der Waals surface area contributed by atoms with Gasteiger partial charge in [0.1, 0.15) is 56.4 Å². The van der Waals surface area contributed by atoms with E-state index in [9.17, 15) is 4.79 Å². The number of hydrogen-bond donors (Lipinski definition) is 2. The normalized spacial score (nSPS) is 19.6. The summed E-state index contributed by atoms with van der Waals surface area (Å²) in [6.07, 6.45) is 1.85. The van der Waals surface area contributed by atoms with Crippen molar-refractivity contribution in [1.82, 2.24) is 9.38 Å². The van der Waals surface area contributed by atoms with Crippen LogP contribution in [0.2, 0.25) is 0 Å². The topological polar surface area (TPSA) is 52.5 Å². The molecule has 1 aliphatic rings. The first-order valence-corrected chi connectivity index (χ1v) is 9.90. The summed E-state index contributed by atoms with van der Waals surface area (Å²) >= 11 is 0. The molecule has 0 saturated carbocycles. The second-order valence-electron chi connectivity index (χ2n) is 7.72. The van der Waals surface area contributed by atoms with Crippen molar-refractivity contribution >= 4 is 5.65 Å². The number of nitrogens with one attached hydrogen (secondary N) is 2. The van der Waals surface area contributed by atoms with Crippen molar-refractivity contribution in [3.8, 4) is 5.75 Å². The van der Waals surface area contributed by atoms with Gasteiger partial charge in [-0.05, 0) is 42.8 Å². The van der Waals surface area contributed by atoms with Gasteiger partial charge in [-0.3, -0.25) is 9.20 Å². The lowest BCUT2D eigenvalue weighted by Crippen LogP contribution is -3.27. The van der Waals surface area contributed by atoms with Crippen LogP contribution in [0.5, 0.6) is 5.75 Å². The molecule has 1 fully saturated rings. The van der Waals surface area contributed by atoms with Crippen molar-refractivity contribution < 1.29 is 14.5 Å². The van der Waals surface area contributed by atoms with Crippen LogP contribution in [0.25, 0.3) is 5.65 Å². The SMILES string of the molecule is COc1ccc(C[NH+]2CC[NH+](Cc3cc(=O)n4cc(C)ccc4n3)CC2)cc1. The number of ether oxygens (including phenoxy) is 1. The molecule has 0 radical (unpaired) electrons. The number of aryl methyl sites for hydroxylation is 1. The Morgan fingerprint density at radius 3 is 2.36 bits per heavy atom. The summed E-state index contributed by atoms with van der Waals surface area (Å²) in [5.41, 5.74) is 4.04. The van der Waals surface area contributed by atoms with Crippen molar-refractivity contribution in [3.63, 3.8) is 0 Å². The smallest absolute Gasteiger partial charge is 0.258 e. The van der Waals surface area contributed by atoms with Crippen LogP contribution in [0.15, 0.2) is 53.5 Å². The molecule has 146 valence electrons. The quantitative estimate of drug-likeness (QED) is 0.627. The van der Waals surface area contributed by atoms with Crippen molar-refractivity contribution in [2.75, 3.05) is 33.3 Å². The summed E-state index contributed by atoms with van der Waals surface area (Å²) in [5.74, 6) is 0.905. The zero-order chi connectivity index (χ0) is 19.5. The first kappa shape index (κ1) is 18.7. The van der Waals surface area contributed by atoms with E-state index in [-0.39, 0.29) is 5.56 Å². The molecule has 0 atom stereocenters. The van der Waals surface area contributed by atoms with E-state index in [1.54, 1.807) is 22.5 Å². The fourth-order valence-corrected chi connectivity index (χ4v) is 3.95. The van der Waals surface area contributed by atoms with Crippen molar-refractivity contribution in [2.45, 2.75) is 20.0 Å². The minimum Gasteiger partial charge on any atom is -0.497 e. The fourth-order valence-electron chi connectivity index (χ4n) is 3.95. The third kappa shape index (κ3) is 4.24. The summed E-state index contributed by atoms with van der Waals surface area (Å²) in [6, 6.07) is 14.0. The molecule has 1 aromatic carbocycles. The van der Waals surface area contributed by atoms with Gasteiger partial charge >= 0.3 is 0 Å². The van der Waals surface area contributed by atoms with Crippen LogP contribution in [-0.2, 0) is 13.1 Å². The number of nitrogens with zero attached hydrogens (tertiary/aromatic N) is 2. The highest BCUT2D eigenvalue weighted by Crippen LogP contribution is 2.10. The summed E-state index contributed by atoms with van der Waals surface area (Å²) in [5, 5.41) is 0. The predicted molar refractivity (Wildman–Crippen MR) is 108 cm³/mol. The summed E-state index contributed by atoms with van der Waals surface area (Å²) < 4.78 is 6.86. The summed E-state index contributed by atoms with van der Waals surface area (Å²) in [6.45, 7) is 8.31. The Balaban J connectivity index is 1.35. The Kier molecular flexibility index (Phi) is 5.41. The maximum atomic E-state index is 12.4. The van der Waals surface area contributed by atoms with Gasteiger partial charge in [-0.1, -0.05) is 6.07 Å². The van der Waals surface area contributed by atoms with Gasteiger partial charge in [0.2, 0.25) is 0 Å². The van der Waals surface area contributed by atoms with E-state index in [1.807, 2.05) is 37.4 Å². The summed E-state index contributed by atoms with van der Waals surface area (Å²) in [7, 11) is 1.70. The van der Waals surface area contributed by atoms with Gasteiger partial charge < -0.3 is 14.5 Å². The number of hydrogen-bond acceptors (Lipinski definition) is 3. The zero-order valence-electron chi connectivity index (χ0n) is 16.6. The van der Waals surface area contributed by atoms with Crippen LogP contribution in [0.3, 0.4) is 0 Å². The standard InChI is InChI=1S/C22H26N4O2/c1-17-3-8-21-23-19(13-22(27)26(21)14-17)16-25-11-9-24(10-12-25)15-18-4-6-20(28-2)7-5-18/h3-8,13-14H,9-12,15-16H2,1-2H3/p+2. The van der Waals surface area contributed by atoms with Gasteiger partial charge in [0.25, 0.3) is 5.56 Å². The monoisotopic (exact) mass is 380 g/mol. The second kappa shape index (κ2) is 8.12. The maximum absolute atomic E-state index is 12.4. The molecule has 0 spiro atoms. The molecule has 1 saturated heterocycles. The predicted octanol–water partition coefficient (Wildman–Crippen LogP) is -0.505. The van der Waals surface area contributed by atoms with E-state index in [0.717, 1.165) is 61.9 Å². The molecule has 1 aliphatic heterocycles. The molecular formula is C22H28N4O2+2. The molecule has 0 unspecified atom stereocenters. The molecule has 6 nitrogen and oxygen atoms in total. The number of fused-ring (bicyclic) bond motifs is 1. The highest BCUT2D eigenvalue weighted by molar-refractivity contribution is 5.39. The number of methoxy groups -OCH3 is 1. The number of aromatic nitrogens is 2. The molecule has 3 heterocycles. The highest BCUT2D eigenvalue weighted by atomic mass is 16.5. The second-order valence-corrected chi connectivity index (χ2v) is 7.72. The van der Waals surface area contributed by atoms with Crippen LogP contribution >= 0.6 is 0 Å². The van der Waals surface area contributed by atoms with Gasteiger partial charge in [0, 0.05) is 17.8 Å². The molecule has 2 N–H and O–H groups in total. The molecular weight excluding hydrogens is 352 g/mol. The van der Waals surface area contributed by atoms with E-state index in [4.69, 9.17) is 9.72 Å². The van der Waals surface area contributed by atoms with Crippen LogP contribution in [0.1, 0.15) is 16.8 Å². The molecule has 6 heteroatoms. The lowest BCUT2D eigenvalue weighted by atomic mass is 10.2. The highest BCUT2D eigenvalue weighted by Gasteiger charge is 2.23. The Hall–Kier alpha value is -2.70. The van der Waals surface area contributed by atoms with Crippen molar-refractivity contribution in [3.05, 3.63) is 75.8 Å². The average Bonchev–Trinajstić information content (AvgIpc) is 2.71. The Morgan fingerprint density at radius 1 is 1.00 bits per heavy atom. The van der Waals surface area contributed by atoms with Crippen molar-refractivity contribution in [1.29, 1.82) is 0 Å². The van der Waals surface area contributed by atoms with E-state index < -0.39 is 0 Å². The number of rotatable bonds is 5. The molecule has 4 rings (SSSR count). The van der Waals surface area contributed by atoms with Crippen LogP contribution in [-0.4, -0.2) is 42.7 Å². The minimum absolute atomic E-state index is 0.00636. The Labute approximate surface area is 165 Å². The van der Waals surface area contributed by atoms with E-state index >= 15 is 0 Å². The summed E-state index contributed by atoms with van der Waals surface area (Å²) in [4.78, 5) is 20.2. The van der Waals surface area contributed by atoms with Crippen LogP contribution in [0.4, 0.5) is 0 Å². The average molecular weight is 380 g/mol. The molecule has 28 heavy (non-hydrogen) atoms. The van der Waals surface area contributed by atoms with Gasteiger partial charge in [-0.15, -0.1) is 0 Å². The lowest BCUT2D eigenvalue weighted by Gasteiger charge is -2.29. The number of quaternary nitrogens is 2. The third-order valence-electron chi connectivity index (χ3n) is 5.57. The molecule has 2 aromatic heterocycles. The Morgan fingerprint density at radius 2 is 1.68 bits per heavy atom. The zero-order valence-corrected chi connectivity index (χ0v) is 16.6. The van der Waals surface area contributed by atoms with Gasteiger partial charge in [-0.2, -0.15) is 0 Å². The van der Waals surface area contributed by atoms with E-state index in [0.29, 0.717) is 0 Å². The largest absolute Gasteiger partial charge is 0.497 e. The maximum Gasteiger partial charge on any atom is 0.258 e. The van der Waals surface area contributed by atoms with Gasteiger partial charge in [-0.25, -0.2) is 4.98 Å². The molecule has 0 amide bonds. The number of benzene rings is 1. The Bertz CT molecular complexity index is 1010. The van der Waals surface area contributed by atoms with Gasteiger partial charge in [0.05, 0.1) is 7.11 Å². The van der Waals surface area contributed by atoms with Crippen LogP contribution in [0, 0.1) is 6.92 Å². The minimum atomic E-state index is 0.00636. The van der Waals surface area contributed by atoms with Gasteiger partial charge in [0.15, 0.2) is 0 Å². The lowest BCUT2D eigenvalue weighted by molar-refractivity contribution is -1.02. The van der Waals surface area contributed by atoms with Crippen molar-refractivity contribution in [2.24, 2.45) is 0 Å². The fraction of sp³-hybridized carbons (Fsp3) is 0.364. The number of piperazine rings is 1. The molecule has 0 bridgehead atoms. The third-order valence-corrected chi connectivity index (χ3v) is 5.57. The molecule has 3 aromatic rings. The first-order valence-electron chi connectivity index (χ1n) is 9.90.